The molecular weight excluding hydrogens is 234 g/mol. The number of fused-ring (bicyclic) bond motifs is 1. The van der Waals surface area contributed by atoms with Gasteiger partial charge in [-0.15, -0.1) is 6.42 Å². The van der Waals surface area contributed by atoms with E-state index in [1.165, 1.54) is 12.8 Å². The van der Waals surface area contributed by atoms with Crippen LogP contribution in [0.25, 0.3) is 5.65 Å². The van der Waals surface area contributed by atoms with Crippen LogP contribution in [0.1, 0.15) is 38.3 Å². The van der Waals surface area contributed by atoms with E-state index in [9.17, 15) is 0 Å². The smallest absolute Gasteiger partial charge is 0.138 e. The van der Waals surface area contributed by atoms with Gasteiger partial charge >= 0.3 is 0 Å². The minimum atomic E-state index is 0.0268. The van der Waals surface area contributed by atoms with E-state index in [1.807, 2.05) is 31.3 Å². The molecule has 0 spiro atoms. The zero-order valence-corrected chi connectivity index (χ0v) is 11.9. The van der Waals surface area contributed by atoms with Gasteiger partial charge in [-0.2, -0.15) is 0 Å². The molecule has 2 heterocycles. The summed E-state index contributed by atoms with van der Waals surface area (Å²) in [5, 5.41) is 0. The van der Waals surface area contributed by atoms with Crippen LogP contribution in [0, 0.1) is 12.3 Å². The molecule has 0 bridgehead atoms. The van der Waals surface area contributed by atoms with Crippen molar-refractivity contribution in [2.24, 2.45) is 0 Å². The first-order valence-corrected chi connectivity index (χ1v) is 6.83. The highest BCUT2D eigenvalue weighted by molar-refractivity contribution is 5.58. The maximum Gasteiger partial charge on any atom is 0.138 e. The van der Waals surface area contributed by atoms with Crippen LogP contribution in [0.4, 0.5) is 5.82 Å². The number of rotatable bonds is 5. The van der Waals surface area contributed by atoms with Gasteiger partial charge in [-0.1, -0.05) is 25.3 Å². The van der Waals surface area contributed by atoms with Crippen LogP contribution in [-0.2, 0) is 0 Å². The third-order valence-electron chi connectivity index (χ3n) is 3.40. The summed E-state index contributed by atoms with van der Waals surface area (Å²) in [4.78, 5) is 6.95. The van der Waals surface area contributed by atoms with E-state index >= 15 is 0 Å². The average Bonchev–Trinajstić information content (AvgIpc) is 2.83. The normalized spacial score (nSPS) is 12.3. The molecular formula is C16H21N3. The van der Waals surface area contributed by atoms with E-state index in [0.29, 0.717) is 0 Å². The Kier molecular flexibility index (Phi) is 4.11. The van der Waals surface area contributed by atoms with Crippen molar-refractivity contribution in [3.05, 3.63) is 30.1 Å². The second-order valence-electron chi connectivity index (χ2n) is 4.91. The molecule has 19 heavy (non-hydrogen) atoms. The molecule has 0 unspecified atom stereocenters. The molecule has 100 valence electrons. The van der Waals surface area contributed by atoms with Gasteiger partial charge in [0.15, 0.2) is 0 Å². The maximum atomic E-state index is 5.58. The Balaban J connectivity index is 2.51. The van der Waals surface area contributed by atoms with Gasteiger partial charge < -0.3 is 4.90 Å². The first-order chi connectivity index (χ1) is 9.19. The topological polar surface area (TPSA) is 20.5 Å². The van der Waals surface area contributed by atoms with Crippen molar-refractivity contribution < 1.29 is 0 Å². The molecule has 0 aliphatic heterocycles. The average molecular weight is 255 g/mol. The van der Waals surface area contributed by atoms with Gasteiger partial charge in [-0.25, -0.2) is 4.98 Å². The summed E-state index contributed by atoms with van der Waals surface area (Å²) in [6.07, 6.45) is 9.97. The van der Waals surface area contributed by atoms with Gasteiger partial charge in [-0.3, -0.25) is 4.40 Å². The number of pyridine rings is 1. The standard InChI is InChI=1S/C16H21N3/c1-5-7-11-18(4)16-15(13(3)6-2)17-14-10-8-9-12-19(14)16/h2,8-10,12-13H,5,7,11H2,1,3-4H3/t13-/m1/s1. The largest absolute Gasteiger partial charge is 0.359 e. The fraction of sp³-hybridized carbons (Fsp3) is 0.438. The zero-order chi connectivity index (χ0) is 13.8. The lowest BCUT2D eigenvalue weighted by molar-refractivity contribution is 0.751. The summed E-state index contributed by atoms with van der Waals surface area (Å²) >= 11 is 0. The molecule has 0 N–H and O–H groups in total. The zero-order valence-electron chi connectivity index (χ0n) is 11.9. The molecule has 0 aliphatic carbocycles. The quantitative estimate of drug-likeness (QED) is 0.764. The molecule has 1 atom stereocenters. The molecule has 0 radical (unpaired) electrons. The number of terminal acetylenes is 1. The van der Waals surface area contributed by atoms with Crippen molar-refractivity contribution in [3.8, 4) is 12.3 Å². The molecule has 0 amide bonds. The van der Waals surface area contributed by atoms with Crippen LogP contribution >= 0.6 is 0 Å². The summed E-state index contributed by atoms with van der Waals surface area (Å²) < 4.78 is 2.12. The Morgan fingerprint density at radius 2 is 2.26 bits per heavy atom. The SMILES string of the molecule is C#C[C@@H](C)c1nc2ccccn2c1N(C)CCCC. The van der Waals surface area contributed by atoms with Gasteiger partial charge in [-0.05, 0) is 25.5 Å². The van der Waals surface area contributed by atoms with Crippen LogP contribution in [0.5, 0.6) is 0 Å². The van der Waals surface area contributed by atoms with E-state index in [2.05, 4.69) is 29.2 Å². The van der Waals surface area contributed by atoms with Gasteiger partial charge in [0.05, 0.1) is 11.6 Å². The maximum absolute atomic E-state index is 5.58. The highest BCUT2D eigenvalue weighted by Crippen LogP contribution is 2.27. The lowest BCUT2D eigenvalue weighted by atomic mass is 10.1. The monoisotopic (exact) mass is 255 g/mol. The van der Waals surface area contributed by atoms with Gasteiger partial charge in [0.2, 0.25) is 0 Å². The molecule has 0 fully saturated rings. The van der Waals surface area contributed by atoms with Gasteiger partial charge in [0.25, 0.3) is 0 Å². The number of hydrogen-bond donors (Lipinski definition) is 0. The Morgan fingerprint density at radius 1 is 1.47 bits per heavy atom. The van der Waals surface area contributed by atoms with Crippen LogP contribution in [0.15, 0.2) is 24.4 Å². The number of anilines is 1. The lowest BCUT2D eigenvalue weighted by Gasteiger charge is -2.20. The van der Waals surface area contributed by atoms with Crippen LogP contribution in [0.3, 0.4) is 0 Å². The first kappa shape index (κ1) is 13.5. The molecule has 3 heteroatoms. The Bertz CT molecular complexity index is 592. The van der Waals surface area contributed by atoms with Crippen LogP contribution in [-0.4, -0.2) is 23.0 Å². The van der Waals surface area contributed by atoms with E-state index in [-0.39, 0.29) is 5.92 Å². The molecule has 3 nitrogen and oxygen atoms in total. The van der Waals surface area contributed by atoms with Gasteiger partial charge in [0, 0.05) is 19.8 Å². The first-order valence-electron chi connectivity index (χ1n) is 6.83. The fourth-order valence-electron chi connectivity index (χ4n) is 2.25. The second kappa shape index (κ2) is 5.79. The third kappa shape index (κ3) is 2.58. The van der Waals surface area contributed by atoms with E-state index in [4.69, 9.17) is 11.4 Å². The number of unbranched alkanes of at least 4 members (excludes halogenated alkanes) is 1. The van der Waals surface area contributed by atoms with Crippen molar-refractivity contribution in [2.45, 2.75) is 32.6 Å². The summed E-state index contributed by atoms with van der Waals surface area (Å²) in [5.41, 5.74) is 1.95. The number of aromatic nitrogens is 2. The summed E-state index contributed by atoms with van der Waals surface area (Å²) in [6, 6.07) is 6.04. The number of hydrogen-bond acceptors (Lipinski definition) is 2. The summed E-state index contributed by atoms with van der Waals surface area (Å²) in [5.74, 6) is 3.94. The molecule has 0 saturated carbocycles. The predicted octanol–water partition coefficient (Wildman–Crippen LogP) is 3.31. The van der Waals surface area contributed by atoms with Crippen LogP contribution < -0.4 is 4.90 Å². The predicted molar refractivity (Wildman–Crippen MR) is 80.6 cm³/mol. The minimum absolute atomic E-state index is 0.0268. The Labute approximate surface area is 115 Å². The second-order valence-corrected chi connectivity index (χ2v) is 4.91. The fourth-order valence-corrected chi connectivity index (χ4v) is 2.25. The van der Waals surface area contributed by atoms with Crippen molar-refractivity contribution in [3.63, 3.8) is 0 Å². The van der Waals surface area contributed by atoms with Crippen molar-refractivity contribution >= 4 is 11.5 Å². The highest BCUT2D eigenvalue weighted by atomic mass is 15.2. The Hall–Kier alpha value is -1.95. The van der Waals surface area contributed by atoms with E-state index in [1.54, 1.807) is 0 Å². The number of nitrogens with zero attached hydrogens (tertiary/aromatic N) is 3. The van der Waals surface area contributed by atoms with Crippen LogP contribution in [0.2, 0.25) is 0 Å². The summed E-state index contributed by atoms with van der Waals surface area (Å²) in [7, 11) is 2.11. The molecule has 2 rings (SSSR count). The Morgan fingerprint density at radius 3 is 2.95 bits per heavy atom. The van der Waals surface area contributed by atoms with Gasteiger partial charge in [0.1, 0.15) is 11.5 Å². The minimum Gasteiger partial charge on any atom is -0.359 e. The van der Waals surface area contributed by atoms with E-state index < -0.39 is 0 Å². The van der Waals surface area contributed by atoms with E-state index in [0.717, 1.165) is 23.7 Å². The molecule has 2 aromatic rings. The summed E-state index contributed by atoms with van der Waals surface area (Å²) in [6.45, 7) is 5.25. The highest BCUT2D eigenvalue weighted by Gasteiger charge is 2.19. The number of imidazole rings is 1. The molecule has 0 aliphatic rings. The van der Waals surface area contributed by atoms with Crippen molar-refractivity contribution in [2.75, 3.05) is 18.5 Å². The third-order valence-corrected chi connectivity index (χ3v) is 3.40. The lowest BCUT2D eigenvalue weighted by Crippen LogP contribution is -2.21. The van der Waals surface area contributed by atoms with Crippen molar-refractivity contribution in [1.82, 2.24) is 9.38 Å². The van der Waals surface area contributed by atoms with Crippen molar-refractivity contribution in [1.29, 1.82) is 0 Å². The molecule has 0 saturated heterocycles. The molecule has 2 aromatic heterocycles. The molecule has 0 aromatic carbocycles.